The standard InChI is InChI=1S/C24H27N5O5S/c1-28(18-8-4-2-5-9-18)35(33,34)20-14-12-17(13-15-20)23(31)25-26-24(32)22-21(30)16-29(27-22)19-10-6-3-7-11-19/h3,6-7,10-16,18,30H,2,4-5,8-9H2,1H3,(H,25,31)(H,26,32). The van der Waals surface area contributed by atoms with Gasteiger partial charge < -0.3 is 5.11 Å². The van der Waals surface area contributed by atoms with Crippen LogP contribution < -0.4 is 10.9 Å². The Labute approximate surface area is 203 Å². The zero-order chi connectivity index (χ0) is 25.0. The predicted molar refractivity (Wildman–Crippen MR) is 128 cm³/mol. The molecule has 3 N–H and O–H groups in total. The van der Waals surface area contributed by atoms with E-state index in [1.807, 2.05) is 6.07 Å². The fraction of sp³-hybridized carbons (Fsp3) is 0.292. The van der Waals surface area contributed by atoms with E-state index in [0.29, 0.717) is 5.69 Å². The molecule has 1 aromatic heterocycles. The van der Waals surface area contributed by atoms with E-state index in [-0.39, 0.29) is 27.9 Å². The smallest absolute Gasteiger partial charge is 0.294 e. The molecule has 0 radical (unpaired) electrons. The van der Waals surface area contributed by atoms with Gasteiger partial charge in [0.2, 0.25) is 10.0 Å². The summed E-state index contributed by atoms with van der Waals surface area (Å²) in [6, 6.07) is 14.4. The average molecular weight is 498 g/mol. The maximum Gasteiger partial charge on any atom is 0.294 e. The number of sulfonamides is 1. The van der Waals surface area contributed by atoms with Crippen LogP contribution in [0.3, 0.4) is 0 Å². The molecule has 1 aliphatic rings. The highest BCUT2D eigenvalue weighted by Gasteiger charge is 2.29. The highest BCUT2D eigenvalue weighted by molar-refractivity contribution is 7.89. The van der Waals surface area contributed by atoms with Crippen molar-refractivity contribution in [3.63, 3.8) is 0 Å². The minimum Gasteiger partial charge on any atom is -0.504 e. The van der Waals surface area contributed by atoms with E-state index in [4.69, 9.17) is 0 Å². The molecule has 0 spiro atoms. The van der Waals surface area contributed by atoms with Crippen LogP contribution in [0.2, 0.25) is 0 Å². The molecule has 3 aromatic rings. The number of carbonyl (C=O) groups excluding carboxylic acids is 2. The normalized spacial score (nSPS) is 14.6. The third kappa shape index (κ3) is 5.36. The molecule has 0 atom stereocenters. The molecule has 11 heteroatoms. The summed E-state index contributed by atoms with van der Waals surface area (Å²) < 4.78 is 28.7. The molecule has 1 fully saturated rings. The first-order valence-corrected chi connectivity index (χ1v) is 12.7. The van der Waals surface area contributed by atoms with Gasteiger partial charge in [0, 0.05) is 18.7 Å². The highest BCUT2D eigenvalue weighted by atomic mass is 32.2. The maximum atomic E-state index is 13.0. The van der Waals surface area contributed by atoms with Gasteiger partial charge in [-0.25, -0.2) is 13.1 Å². The Bertz CT molecular complexity index is 1300. The van der Waals surface area contributed by atoms with E-state index in [9.17, 15) is 23.1 Å². The summed E-state index contributed by atoms with van der Waals surface area (Å²) in [6.45, 7) is 0. The van der Waals surface area contributed by atoms with E-state index in [0.717, 1.165) is 32.1 Å². The van der Waals surface area contributed by atoms with Gasteiger partial charge in [-0.3, -0.25) is 20.4 Å². The minimum atomic E-state index is -3.67. The number of aromatic hydroxyl groups is 1. The first kappa shape index (κ1) is 24.4. The second kappa shape index (κ2) is 10.3. The fourth-order valence-electron chi connectivity index (χ4n) is 4.07. The largest absolute Gasteiger partial charge is 0.504 e. The Morgan fingerprint density at radius 2 is 1.60 bits per heavy atom. The van der Waals surface area contributed by atoms with Gasteiger partial charge in [-0.1, -0.05) is 37.5 Å². The van der Waals surface area contributed by atoms with E-state index < -0.39 is 21.8 Å². The topological polar surface area (TPSA) is 134 Å². The molecule has 0 unspecified atom stereocenters. The molecule has 2 aromatic carbocycles. The highest BCUT2D eigenvalue weighted by Crippen LogP contribution is 2.26. The molecule has 1 heterocycles. The lowest BCUT2D eigenvalue weighted by Gasteiger charge is -2.30. The molecular formula is C24H27N5O5S. The van der Waals surface area contributed by atoms with Gasteiger partial charge in [0.05, 0.1) is 16.8 Å². The monoisotopic (exact) mass is 497 g/mol. The van der Waals surface area contributed by atoms with Crippen LogP contribution >= 0.6 is 0 Å². The number of benzene rings is 2. The van der Waals surface area contributed by atoms with E-state index in [1.165, 1.54) is 39.4 Å². The van der Waals surface area contributed by atoms with Gasteiger partial charge in [-0.2, -0.15) is 9.40 Å². The quantitative estimate of drug-likeness (QED) is 0.448. The molecule has 1 aliphatic carbocycles. The summed E-state index contributed by atoms with van der Waals surface area (Å²) in [5, 5.41) is 14.1. The number of carbonyl (C=O) groups is 2. The van der Waals surface area contributed by atoms with Crippen molar-refractivity contribution in [2.75, 3.05) is 7.05 Å². The molecule has 0 bridgehead atoms. The molecule has 1 saturated carbocycles. The number of para-hydroxylation sites is 1. The molecule has 0 aliphatic heterocycles. The van der Waals surface area contributed by atoms with Crippen molar-refractivity contribution in [1.29, 1.82) is 0 Å². The van der Waals surface area contributed by atoms with Crippen LogP contribution in [0.4, 0.5) is 0 Å². The Balaban J connectivity index is 1.38. The number of hydrogen-bond acceptors (Lipinski definition) is 6. The number of aromatic nitrogens is 2. The van der Waals surface area contributed by atoms with Crippen LogP contribution in [-0.2, 0) is 10.0 Å². The zero-order valence-corrected chi connectivity index (χ0v) is 20.0. The van der Waals surface area contributed by atoms with Crippen LogP contribution in [0.1, 0.15) is 53.0 Å². The Morgan fingerprint density at radius 1 is 0.971 bits per heavy atom. The van der Waals surface area contributed by atoms with Crippen molar-refractivity contribution in [1.82, 2.24) is 24.9 Å². The molecule has 0 saturated heterocycles. The second-order valence-electron chi connectivity index (χ2n) is 8.39. The number of nitrogens with zero attached hydrogens (tertiary/aromatic N) is 3. The van der Waals surface area contributed by atoms with E-state index in [1.54, 1.807) is 31.3 Å². The number of rotatable bonds is 6. The van der Waals surface area contributed by atoms with Gasteiger partial charge in [0.15, 0.2) is 11.4 Å². The van der Waals surface area contributed by atoms with E-state index >= 15 is 0 Å². The number of hydrazine groups is 1. The first-order chi connectivity index (χ1) is 16.8. The second-order valence-corrected chi connectivity index (χ2v) is 10.4. The average Bonchev–Trinajstić information content (AvgIpc) is 3.29. The SMILES string of the molecule is CN(C1CCCCC1)S(=O)(=O)c1ccc(C(=O)NNC(=O)c2nn(-c3ccccc3)cc2O)cc1. The third-order valence-corrected chi connectivity index (χ3v) is 8.03. The van der Waals surface area contributed by atoms with Gasteiger partial charge >= 0.3 is 0 Å². The van der Waals surface area contributed by atoms with Crippen molar-refractivity contribution in [2.24, 2.45) is 0 Å². The van der Waals surface area contributed by atoms with Crippen LogP contribution in [0.5, 0.6) is 5.75 Å². The lowest BCUT2D eigenvalue weighted by molar-refractivity contribution is 0.0842. The molecule has 10 nitrogen and oxygen atoms in total. The Kier molecular flexibility index (Phi) is 7.17. The lowest BCUT2D eigenvalue weighted by Crippen LogP contribution is -2.42. The maximum absolute atomic E-state index is 13.0. The number of nitrogens with one attached hydrogen (secondary N) is 2. The lowest BCUT2D eigenvalue weighted by atomic mass is 9.96. The predicted octanol–water partition coefficient (Wildman–Crippen LogP) is 2.61. The summed E-state index contributed by atoms with van der Waals surface area (Å²) in [6.07, 6.45) is 6.12. The van der Waals surface area contributed by atoms with Crippen molar-refractivity contribution >= 4 is 21.8 Å². The van der Waals surface area contributed by atoms with Crippen LogP contribution in [0.25, 0.3) is 5.69 Å². The number of amides is 2. The summed E-state index contributed by atoms with van der Waals surface area (Å²) in [7, 11) is -2.08. The van der Waals surface area contributed by atoms with Crippen molar-refractivity contribution < 1.29 is 23.1 Å². The third-order valence-electron chi connectivity index (χ3n) is 6.10. The first-order valence-electron chi connectivity index (χ1n) is 11.3. The van der Waals surface area contributed by atoms with Gasteiger partial charge in [-0.15, -0.1) is 0 Å². The van der Waals surface area contributed by atoms with Gasteiger partial charge in [0.25, 0.3) is 11.8 Å². The van der Waals surface area contributed by atoms with E-state index in [2.05, 4.69) is 16.0 Å². The molecular weight excluding hydrogens is 470 g/mol. The van der Waals surface area contributed by atoms with Gasteiger partial charge in [-0.05, 0) is 49.2 Å². The van der Waals surface area contributed by atoms with Crippen molar-refractivity contribution in [3.8, 4) is 11.4 Å². The summed E-state index contributed by atoms with van der Waals surface area (Å²) in [5.41, 5.74) is 5.00. The Hall–Kier alpha value is -3.70. The minimum absolute atomic E-state index is 0.0197. The molecule has 184 valence electrons. The summed E-state index contributed by atoms with van der Waals surface area (Å²) in [5.74, 6) is -1.80. The van der Waals surface area contributed by atoms with Crippen LogP contribution in [-0.4, -0.2) is 52.5 Å². The molecule has 35 heavy (non-hydrogen) atoms. The zero-order valence-electron chi connectivity index (χ0n) is 19.2. The van der Waals surface area contributed by atoms with Gasteiger partial charge in [0.1, 0.15) is 0 Å². The van der Waals surface area contributed by atoms with Crippen molar-refractivity contribution in [2.45, 2.75) is 43.0 Å². The summed E-state index contributed by atoms with van der Waals surface area (Å²) in [4.78, 5) is 25.0. The molecule has 4 rings (SSSR count). The van der Waals surface area contributed by atoms with Crippen molar-refractivity contribution in [3.05, 3.63) is 72.1 Å². The summed E-state index contributed by atoms with van der Waals surface area (Å²) >= 11 is 0. The number of hydrogen-bond donors (Lipinski definition) is 3. The molecule has 2 amide bonds. The van der Waals surface area contributed by atoms with Crippen LogP contribution in [0, 0.1) is 0 Å². The Morgan fingerprint density at radius 3 is 2.26 bits per heavy atom. The van der Waals surface area contributed by atoms with Crippen LogP contribution in [0.15, 0.2) is 65.7 Å². The fourth-order valence-corrected chi connectivity index (χ4v) is 5.49.